The molecule has 0 aliphatic carbocycles. The van der Waals surface area contributed by atoms with Crippen molar-refractivity contribution in [2.24, 2.45) is 5.92 Å². The zero-order valence-corrected chi connectivity index (χ0v) is 14.7. The Labute approximate surface area is 155 Å². The lowest BCUT2D eigenvalue weighted by Gasteiger charge is -2.19. The molecule has 1 atom stereocenters. The molecule has 1 fully saturated rings. The molecule has 3 rings (SSSR count). The summed E-state index contributed by atoms with van der Waals surface area (Å²) in [6, 6.07) is 12.0. The van der Waals surface area contributed by atoms with Crippen LogP contribution in [0.15, 0.2) is 48.5 Å². The van der Waals surface area contributed by atoms with Crippen LogP contribution >= 0.6 is 0 Å². The Morgan fingerprint density at radius 2 is 1.85 bits per heavy atom. The number of benzene rings is 2. The van der Waals surface area contributed by atoms with Crippen molar-refractivity contribution in [3.63, 3.8) is 0 Å². The second kappa shape index (κ2) is 7.99. The van der Waals surface area contributed by atoms with Crippen molar-refractivity contribution in [3.05, 3.63) is 59.9 Å². The monoisotopic (exact) mass is 371 g/mol. The number of rotatable bonds is 6. The molecule has 0 N–H and O–H groups in total. The fourth-order valence-electron chi connectivity index (χ4n) is 2.92. The molecule has 0 aromatic heterocycles. The lowest BCUT2D eigenvalue weighted by molar-refractivity contribution is -0.147. The van der Waals surface area contributed by atoms with Crippen molar-refractivity contribution in [1.82, 2.24) is 0 Å². The van der Waals surface area contributed by atoms with E-state index >= 15 is 0 Å². The fraction of sp³-hybridized carbons (Fsp3) is 0.250. The molecule has 7 heteroatoms. The number of para-hydroxylation sites is 2. The number of carbonyl (C=O) groups excluding carboxylic acids is 3. The van der Waals surface area contributed by atoms with Gasteiger partial charge in [-0.25, -0.2) is 4.39 Å². The van der Waals surface area contributed by atoms with Gasteiger partial charge in [-0.3, -0.25) is 14.4 Å². The number of hydrogen-bond donors (Lipinski definition) is 0. The number of halogens is 1. The maximum Gasteiger partial charge on any atom is 0.311 e. The minimum Gasteiger partial charge on any atom is -0.495 e. The average Bonchev–Trinajstić information content (AvgIpc) is 3.08. The number of ketones is 1. The highest BCUT2D eigenvalue weighted by Crippen LogP contribution is 2.33. The van der Waals surface area contributed by atoms with Crippen molar-refractivity contribution < 1.29 is 28.2 Å². The Kier molecular flexibility index (Phi) is 5.49. The van der Waals surface area contributed by atoms with Crippen molar-refractivity contribution in [3.8, 4) is 5.75 Å². The van der Waals surface area contributed by atoms with Crippen molar-refractivity contribution in [2.45, 2.75) is 6.42 Å². The largest absolute Gasteiger partial charge is 0.495 e. The second-order valence-electron chi connectivity index (χ2n) is 6.12. The van der Waals surface area contributed by atoms with Crippen LogP contribution in [0.1, 0.15) is 16.8 Å². The number of nitrogens with zero attached hydrogens (tertiary/aromatic N) is 1. The predicted octanol–water partition coefficient (Wildman–Crippen LogP) is 2.61. The van der Waals surface area contributed by atoms with Crippen LogP contribution in [-0.4, -0.2) is 37.9 Å². The lowest BCUT2D eigenvalue weighted by atomic mass is 10.1. The average molecular weight is 371 g/mol. The van der Waals surface area contributed by atoms with E-state index < -0.39 is 30.1 Å². The Balaban J connectivity index is 1.60. The Morgan fingerprint density at radius 1 is 1.15 bits per heavy atom. The van der Waals surface area contributed by atoms with Crippen LogP contribution in [0.25, 0.3) is 0 Å². The van der Waals surface area contributed by atoms with Gasteiger partial charge >= 0.3 is 5.97 Å². The van der Waals surface area contributed by atoms with Gasteiger partial charge in [-0.15, -0.1) is 0 Å². The van der Waals surface area contributed by atoms with Gasteiger partial charge in [0.05, 0.1) is 18.7 Å². The van der Waals surface area contributed by atoms with E-state index in [0.29, 0.717) is 11.4 Å². The van der Waals surface area contributed by atoms with Gasteiger partial charge in [0.25, 0.3) is 0 Å². The van der Waals surface area contributed by atoms with E-state index in [1.165, 1.54) is 24.1 Å². The van der Waals surface area contributed by atoms with Gasteiger partial charge in [-0.05, 0) is 36.4 Å². The molecule has 1 aliphatic rings. The number of anilines is 1. The summed E-state index contributed by atoms with van der Waals surface area (Å²) in [5.74, 6) is -1.85. The minimum absolute atomic E-state index is 0.00161. The second-order valence-corrected chi connectivity index (χ2v) is 6.12. The zero-order chi connectivity index (χ0) is 19.4. The highest BCUT2D eigenvalue weighted by Gasteiger charge is 2.37. The van der Waals surface area contributed by atoms with Crippen LogP contribution in [0.4, 0.5) is 10.1 Å². The summed E-state index contributed by atoms with van der Waals surface area (Å²) < 4.78 is 23.2. The highest BCUT2D eigenvalue weighted by atomic mass is 19.1. The van der Waals surface area contributed by atoms with Gasteiger partial charge in [0, 0.05) is 18.5 Å². The van der Waals surface area contributed by atoms with Gasteiger partial charge in [0.15, 0.2) is 12.4 Å². The highest BCUT2D eigenvalue weighted by molar-refractivity contribution is 6.01. The van der Waals surface area contributed by atoms with Crippen LogP contribution in [-0.2, 0) is 14.3 Å². The zero-order valence-electron chi connectivity index (χ0n) is 14.7. The van der Waals surface area contributed by atoms with Gasteiger partial charge in [0.2, 0.25) is 5.91 Å². The molecule has 2 aromatic rings. The van der Waals surface area contributed by atoms with E-state index in [4.69, 9.17) is 9.47 Å². The first-order valence-corrected chi connectivity index (χ1v) is 8.38. The molecule has 140 valence electrons. The number of hydrogen-bond acceptors (Lipinski definition) is 5. The van der Waals surface area contributed by atoms with E-state index in [2.05, 4.69) is 0 Å². The van der Waals surface area contributed by atoms with Gasteiger partial charge in [0.1, 0.15) is 11.6 Å². The lowest BCUT2D eigenvalue weighted by Crippen LogP contribution is -2.27. The molecule has 1 amide bonds. The smallest absolute Gasteiger partial charge is 0.311 e. The molecule has 0 radical (unpaired) electrons. The SMILES string of the molecule is COc1ccccc1N1C[C@H](C(=O)OCC(=O)c2ccc(F)cc2)CC1=O. The van der Waals surface area contributed by atoms with Crippen LogP contribution < -0.4 is 9.64 Å². The first-order valence-electron chi connectivity index (χ1n) is 8.38. The number of esters is 1. The third-order valence-corrected chi connectivity index (χ3v) is 4.35. The summed E-state index contributed by atoms with van der Waals surface area (Å²) in [7, 11) is 1.51. The van der Waals surface area contributed by atoms with E-state index in [-0.39, 0.29) is 24.4 Å². The number of amides is 1. The normalized spacial score (nSPS) is 16.3. The van der Waals surface area contributed by atoms with Crippen LogP contribution in [0.3, 0.4) is 0 Å². The number of Topliss-reactive ketones (excluding diaryl/α,β-unsaturated/α-hetero) is 1. The molecule has 27 heavy (non-hydrogen) atoms. The summed E-state index contributed by atoms with van der Waals surface area (Å²) in [4.78, 5) is 38.1. The molecular formula is C20H18FNO5. The summed E-state index contributed by atoms with van der Waals surface area (Å²) in [5, 5.41) is 0. The first-order chi connectivity index (χ1) is 13.0. The molecule has 0 bridgehead atoms. The summed E-state index contributed by atoms with van der Waals surface area (Å²) in [6.45, 7) is -0.299. The Bertz CT molecular complexity index is 865. The number of carbonyl (C=O) groups is 3. The summed E-state index contributed by atoms with van der Waals surface area (Å²) >= 11 is 0. The molecule has 0 unspecified atom stereocenters. The Morgan fingerprint density at radius 3 is 2.56 bits per heavy atom. The number of ether oxygens (including phenoxy) is 2. The van der Waals surface area contributed by atoms with E-state index in [0.717, 1.165) is 12.1 Å². The molecule has 2 aromatic carbocycles. The molecule has 0 spiro atoms. The third kappa shape index (κ3) is 4.13. The summed E-state index contributed by atoms with van der Waals surface area (Å²) in [6.07, 6.45) is 0.00161. The quantitative estimate of drug-likeness (QED) is 0.577. The van der Waals surface area contributed by atoms with Gasteiger partial charge in [-0.2, -0.15) is 0 Å². The van der Waals surface area contributed by atoms with E-state index in [1.54, 1.807) is 24.3 Å². The topological polar surface area (TPSA) is 72.9 Å². The fourth-order valence-corrected chi connectivity index (χ4v) is 2.92. The predicted molar refractivity (Wildman–Crippen MR) is 95.1 cm³/mol. The molecule has 1 saturated heterocycles. The molecule has 0 saturated carbocycles. The van der Waals surface area contributed by atoms with Gasteiger partial charge < -0.3 is 14.4 Å². The van der Waals surface area contributed by atoms with E-state index in [1.807, 2.05) is 0 Å². The third-order valence-electron chi connectivity index (χ3n) is 4.35. The van der Waals surface area contributed by atoms with Crippen LogP contribution in [0.5, 0.6) is 5.75 Å². The maximum atomic E-state index is 12.9. The number of methoxy groups -OCH3 is 1. The van der Waals surface area contributed by atoms with Crippen LogP contribution in [0.2, 0.25) is 0 Å². The van der Waals surface area contributed by atoms with E-state index in [9.17, 15) is 18.8 Å². The molecule has 6 nitrogen and oxygen atoms in total. The molecule has 1 heterocycles. The summed E-state index contributed by atoms with van der Waals surface area (Å²) in [5.41, 5.74) is 0.838. The molecule has 1 aliphatic heterocycles. The first kappa shape index (κ1) is 18.6. The van der Waals surface area contributed by atoms with Gasteiger partial charge in [-0.1, -0.05) is 12.1 Å². The standard InChI is InChI=1S/C20H18FNO5/c1-26-18-5-3-2-4-16(18)22-11-14(10-19(22)24)20(25)27-12-17(23)13-6-8-15(21)9-7-13/h2-9,14H,10-12H2,1H3/t14-/m1/s1. The Hall–Kier alpha value is -3.22. The minimum atomic E-state index is -0.663. The van der Waals surface area contributed by atoms with Crippen LogP contribution in [0, 0.1) is 11.7 Å². The van der Waals surface area contributed by atoms with Crippen molar-refractivity contribution in [2.75, 3.05) is 25.2 Å². The molecular weight excluding hydrogens is 353 g/mol. The van der Waals surface area contributed by atoms with Crippen molar-refractivity contribution in [1.29, 1.82) is 0 Å². The maximum absolute atomic E-state index is 12.9. The van der Waals surface area contributed by atoms with Crippen molar-refractivity contribution >= 4 is 23.3 Å².